The normalized spacial score (nSPS) is 17.1. The zero-order valence-corrected chi connectivity index (χ0v) is 11.2. The first-order valence-electron chi connectivity index (χ1n) is 6.56. The summed E-state index contributed by atoms with van der Waals surface area (Å²) in [5.74, 6) is 1.04. The Bertz CT molecular complexity index is 659. The van der Waals surface area contributed by atoms with E-state index in [0.29, 0.717) is 12.3 Å². The van der Waals surface area contributed by atoms with E-state index in [1.54, 1.807) is 7.11 Å². The van der Waals surface area contributed by atoms with Gasteiger partial charge in [0.2, 0.25) is 0 Å². The average Bonchev–Trinajstić information content (AvgIpc) is 2.54. The van der Waals surface area contributed by atoms with Gasteiger partial charge in [0.25, 0.3) is 0 Å². The minimum atomic E-state index is 0.195. The average molecular weight is 265 g/mol. The van der Waals surface area contributed by atoms with Crippen LogP contribution in [0, 0.1) is 0 Å². The van der Waals surface area contributed by atoms with Crippen molar-refractivity contribution in [3.8, 4) is 5.75 Å². The topological polar surface area (TPSA) is 38.7 Å². The van der Waals surface area contributed by atoms with Crippen molar-refractivity contribution in [1.82, 2.24) is 0 Å². The van der Waals surface area contributed by atoms with Gasteiger partial charge < -0.3 is 4.74 Å². The van der Waals surface area contributed by atoms with Crippen LogP contribution >= 0.6 is 0 Å². The molecule has 1 atom stereocenters. The monoisotopic (exact) mass is 265 g/mol. The van der Waals surface area contributed by atoms with Crippen molar-refractivity contribution < 1.29 is 9.53 Å². The Morgan fingerprint density at radius 1 is 1.15 bits per heavy atom. The Kier molecular flexibility index (Phi) is 3.33. The zero-order valence-electron chi connectivity index (χ0n) is 11.2. The van der Waals surface area contributed by atoms with Crippen LogP contribution in [0.25, 0.3) is 0 Å². The molecular weight excluding hydrogens is 250 g/mol. The molecule has 0 spiro atoms. The molecule has 0 saturated carbocycles. The highest BCUT2D eigenvalue weighted by atomic mass is 16.5. The van der Waals surface area contributed by atoms with Crippen LogP contribution in [0.3, 0.4) is 0 Å². The van der Waals surface area contributed by atoms with E-state index >= 15 is 0 Å². The van der Waals surface area contributed by atoms with Gasteiger partial charge in [0.05, 0.1) is 13.7 Å². The molecule has 0 radical (unpaired) electrons. The zero-order chi connectivity index (χ0) is 13.9. The third kappa shape index (κ3) is 2.11. The Morgan fingerprint density at radius 2 is 1.90 bits per heavy atom. The first-order chi connectivity index (χ1) is 9.83. The summed E-state index contributed by atoms with van der Waals surface area (Å²) in [5.41, 5.74) is 3.83. The Labute approximate surface area is 117 Å². The van der Waals surface area contributed by atoms with Gasteiger partial charge in [-0.05, 0) is 23.3 Å². The molecular formula is C17H15NO2. The summed E-state index contributed by atoms with van der Waals surface area (Å²) >= 11 is 0. The van der Waals surface area contributed by atoms with Crippen molar-refractivity contribution in [3.63, 3.8) is 0 Å². The molecule has 0 bridgehead atoms. The number of nitrogens with zero attached hydrogens (tertiary/aromatic N) is 1. The van der Waals surface area contributed by atoms with Gasteiger partial charge in [-0.25, -0.2) is 0 Å². The van der Waals surface area contributed by atoms with Crippen molar-refractivity contribution in [2.24, 2.45) is 4.99 Å². The van der Waals surface area contributed by atoms with Crippen molar-refractivity contribution in [2.45, 2.75) is 5.92 Å². The van der Waals surface area contributed by atoms with Crippen LogP contribution in [0.1, 0.15) is 22.6 Å². The molecule has 0 saturated heterocycles. The number of carbonyl (C=O) groups excluding carboxylic acids is 1. The molecule has 1 aliphatic heterocycles. The highest BCUT2D eigenvalue weighted by molar-refractivity contribution is 6.37. The number of carbonyl (C=O) groups is 1. The second-order valence-corrected chi connectivity index (χ2v) is 4.76. The van der Waals surface area contributed by atoms with Gasteiger partial charge in [0, 0.05) is 11.5 Å². The van der Waals surface area contributed by atoms with Crippen LogP contribution in [0.4, 0.5) is 0 Å². The number of aldehydes is 1. The van der Waals surface area contributed by atoms with Gasteiger partial charge in [-0.3, -0.25) is 9.79 Å². The van der Waals surface area contributed by atoms with Gasteiger partial charge in [-0.1, -0.05) is 36.4 Å². The molecule has 100 valence electrons. The van der Waals surface area contributed by atoms with Gasteiger partial charge in [-0.2, -0.15) is 0 Å². The maximum Gasteiger partial charge on any atom is 0.168 e. The minimum Gasteiger partial charge on any atom is -0.497 e. The van der Waals surface area contributed by atoms with E-state index in [4.69, 9.17) is 4.74 Å². The SMILES string of the molecule is COc1ccc(C2CN=C(C=O)c3ccccc32)cc1. The predicted molar refractivity (Wildman–Crippen MR) is 78.7 cm³/mol. The highest BCUT2D eigenvalue weighted by Crippen LogP contribution is 2.32. The molecule has 0 aliphatic carbocycles. The molecule has 20 heavy (non-hydrogen) atoms. The van der Waals surface area contributed by atoms with Crippen LogP contribution in [-0.4, -0.2) is 25.7 Å². The first-order valence-corrected chi connectivity index (χ1v) is 6.56. The van der Waals surface area contributed by atoms with Gasteiger partial charge in [0.1, 0.15) is 11.5 Å². The first kappa shape index (κ1) is 12.6. The summed E-state index contributed by atoms with van der Waals surface area (Å²) in [5, 5.41) is 0. The third-order valence-electron chi connectivity index (χ3n) is 3.69. The molecule has 0 amide bonds. The number of rotatable bonds is 3. The molecule has 1 heterocycles. The van der Waals surface area contributed by atoms with Crippen molar-refractivity contribution in [3.05, 3.63) is 65.2 Å². The van der Waals surface area contributed by atoms with Gasteiger partial charge >= 0.3 is 0 Å². The summed E-state index contributed by atoms with van der Waals surface area (Å²) in [6, 6.07) is 16.0. The molecule has 1 unspecified atom stereocenters. The van der Waals surface area contributed by atoms with Crippen LogP contribution in [-0.2, 0) is 4.79 Å². The second-order valence-electron chi connectivity index (χ2n) is 4.76. The molecule has 0 aromatic heterocycles. The third-order valence-corrected chi connectivity index (χ3v) is 3.69. The lowest BCUT2D eigenvalue weighted by Crippen LogP contribution is -2.19. The molecule has 3 heteroatoms. The molecule has 2 aromatic carbocycles. The van der Waals surface area contributed by atoms with Crippen LogP contribution in [0.5, 0.6) is 5.75 Å². The molecule has 1 aliphatic rings. The largest absolute Gasteiger partial charge is 0.497 e. The standard InChI is InChI=1S/C17H15NO2/c1-20-13-8-6-12(7-9-13)16-10-18-17(11-19)15-5-3-2-4-14(15)16/h2-9,11,16H,10H2,1H3. The second kappa shape index (κ2) is 5.29. The highest BCUT2D eigenvalue weighted by Gasteiger charge is 2.23. The van der Waals surface area contributed by atoms with E-state index in [1.165, 1.54) is 5.56 Å². The summed E-state index contributed by atoms with van der Waals surface area (Å²) in [4.78, 5) is 15.5. The molecule has 3 rings (SSSR count). The van der Waals surface area contributed by atoms with Crippen molar-refractivity contribution >= 4 is 12.0 Å². The fourth-order valence-corrected chi connectivity index (χ4v) is 2.63. The number of fused-ring (bicyclic) bond motifs is 1. The van der Waals surface area contributed by atoms with Crippen LogP contribution in [0.2, 0.25) is 0 Å². The quantitative estimate of drug-likeness (QED) is 0.800. The predicted octanol–water partition coefficient (Wildman–Crippen LogP) is 2.83. The molecule has 3 nitrogen and oxygen atoms in total. The number of hydrogen-bond donors (Lipinski definition) is 0. The smallest absolute Gasteiger partial charge is 0.168 e. The fraction of sp³-hybridized carbons (Fsp3) is 0.176. The summed E-state index contributed by atoms with van der Waals surface area (Å²) in [7, 11) is 1.66. The summed E-state index contributed by atoms with van der Waals surface area (Å²) in [6.45, 7) is 0.609. The minimum absolute atomic E-state index is 0.195. The van der Waals surface area contributed by atoms with E-state index < -0.39 is 0 Å². The summed E-state index contributed by atoms with van der Waals surface area (Å²) in [6.07, 6.45) is 0.836. The molecule has 0 N–H and O–H groups in total. The van der Waals surface area contributed by atoms with Gasteiger partial charge in [-0.15, -0.1) is 0 Å². The lowest BCUT2D eigenvalue weighted by molar-refractivity contribution is -0.102. The van der Waals surface area contributed by atoms with Crippen LogP contribution < -0.4 is 4.74 Å². The lowest BCUT2D eigenvalue weighted by Gasteiger charge is -2.23. The van der Waals surface area contributed by atoms with E-state index in [-0.39, 0.29) is 5.92 Å². The van der Waals surface area contributed by atoms with E-state index in [2.05, 4.69) is 23.2 Å². The van der Waals surface area contributed by atoms with Crippen LogP contribution in [0.15, 0.2) is 53.5 Å². The van der Waals surface area contributed by atoms with E-state index in [1.807, 2.05) is 30.3 Å². The maximum absolute atomic E-state index is 11.1. The van der Waals surface area contributed by atoms with Gasteiger partial charge in [0.15, 0.2) is 6.29 Å². The lowest BCUT2D eigenvalue weighted by atomic mass is 9.85. The van der Waals surface area contributed by atoms with Crippen molar-refractivity contribution in [1.29, 1.82) is 0 Å². The fourth-order valence-electron chi connectivity index (χ4n) is 2.63. The van der Waals surface area contributed by atoms with E-state index in [0.717, 1.165) is 23.2 Å². The number of ether oxygens (including phenoxy) is 1. The summed E-state index contributed by atoms with van der Waals surface area (Å²) < 4.78 is 5.19. The Hall–Kier alpha value is -2.42. The number of hydrogen-bond acceptors (Lipinski definition) is 3. The molecule has 0 fully saturated rings. The Balaban J connectivity index is 2.03. The molecule has 2 aromatic rings. The maximum atomic E-state index is 11.1. The number of methoxy groups -OCH3 is 1. The number of benzene rings is 2. The van der Waals surface area contributed by atoms with Crippen molar-refractivity contribution in [2.75, 3.05) is 13.7 Å². The Morgan fingerprint density at radius 3 is 2.60 bits per heavy atom. The van der Waals surface area contributed by atoms with E-state index in [9.17, 15) is 4.79 Å². The number of aliphatic imine (C=N–C) groups is 1.